The molecule has 1 saturated heterocycles. The first-order valence-electron chi connectivity index (χ1n) is 10.0. The third-order valence-electron chi connectivity index (χ3n) is 5.60. The summed E-state index contributed by atoms with van der Waals surface area (Å²) in [4.78, 5) is 28.1. The van der Waals surface area contributed by atoms with Crippen LogP contribution < -0.4 is 14.8 Å². The van der Waals surface area contributed by atoms with Gasteiger partial charge in [0.2, 0.25) is 5.91 Å². The molecular formula is C21H30N2O5. The third-order valence-corrected chi connectivity index (χ3v) is 5.60. The third kappa shape index (κ3) is 4.58. The minimum Gasteiger partial charge on any atom is -0.497 e. The van der Waals surface area contributed by atoms with E-state index in [1.54, 1.807) is 32.4 Å². The predicted molar refractivity (Wildman–Crippen MR) is 105 cm³/mol. The Bertz CT molecular complexity index is 693. The second kappa shape index (κ2) is 9.78. The first-order valence-corrected chi connectivity index (χ1v) is 10.0. The molecule has 1 aromatic rings. The van der Waals surface area contributed by atoms with Crippen LogP contribution >= 0.6 is 0 Å². The van der Waals surface area contributed by atoms with Crippen molar-refractivity contribution in [2.45, 2.75) is 38.1 Å². The number of methoxy groups -OCH3 is 2. The van der Waals surface area contributed by atoms with E-state index >= 15 is 0 Å². The molecule has 154 valence electrons. The second-order valence-corrected chi connectivity index (χ2v) is 7.28. The number of rotatable bonds is 3. The molecule has 3 rings (SSSR count). The van der Waals surface area contributed by atoms with E-state index in [1.807, 2.05) is 4.90 Å². The van der Waals surface area contributed by atoms with Gasteiger partial charge in [0, 0.05) is 31.8 Å². The molecule has 2 amide bonds. The molecule has 28 heavy (non-hydrogen) atoms. The summed E-state index contributed by atoms with van der Waals surface area (Å²) in [7, 11) is 3.12. The zero-order valence-electron chi connectivity index (χ0n) is 16.7. The summed E-state index contributed by atoms with van der Waals surface area (Å²) in [5.74, 6) is 0.846. The van der Waals surface area contributed by atoms with Crippen LogP contribution in [0.5, 0.6) is 11.5 Å². The molecule has 7 heteroatoms. The van der Waals surface area contributed by atoms with Crippen molar-refractivity contribution < 1.29 is 23.8 Å². The Kier molecular flexibility index (Phi) is 7.14. The highest BCUT2D eigenvalue weighted by Crippen LogP contribution is 2.32. The number of carbonyl (C=O) groups excluding carboxylic acids is 2. The van der Waals surface area contributed by atoms with Crippen LogP contribution in [0.1, 0.15) is 42.5 Å². The second-order valence-electron chi connectivity index (χ2n) is 7.28. The van der Waals surface area contributed by atoms with Crippen molar-refractivity contribution in [1.29, 1.82) is 0 Å². The highest BCUT2D eigenvalue weighted by molar-refractivity contribution is 5.97. The standard InChI is InChI=1S/C21H30N2O5/c1-26-15-8-9-17(19(14-15)27-2)21(25)23-11-5-12-28-13-10-22-20(24)16-6-3-4-7-18(16)23/h8-9,14,16,18H,3-7,10-13H2,1-2H3,(H,22,24)/t16-,18+/m1/s1. The van der Waals surface area contributed by atoms with Crippen LogP contribution in [-0.2, 0) is 9.53 Å². The van der Waals surface area contributed by atoms with Crippen LogP contribution in [0.3, 0.4) is 0 Å². The minimum atomic E-state index is -0.181. The minimum absolute atomic E-state index is 0.0229. The van der Waals surface area contributed by atoms with Gasteiger partial charge in [-0.2, -0.15) is 0 Å². The van der Waals surface area contributed by atoms with Crippen molar-refractivity contribution in [3.05, 3.63) is 23.8 Å². The Morgan fingerprint density at radius 1 is 1.14 bits per heavy atom. The molecule has 1 saturated carbocycles. The quantitative estimate of drug-likeness (QED) is 0.857. The van der Waals surface area contributed by atoms with E-state index in [9.17, 15) is 9.59 Å². The molecule has 1 heterocycles. The maximum atomic E-state index is 13.5. The van der Waals surface area contributed by atoms with Gasteiger partial charge < -0.3 is 24.4 Å². The number of benzene rings is 1. The molecule has 1 aromatic carbocycles. The lowest BCUT2D eigenvalue weighted by molar-refractivity contribution is -0.128. The van der Waals surface area contributed by atoms with E-state index in [0.29, 0.717) is 43.4 Å². The fraction of sp³-hybridized carbons (Fsp3) is 0.619. The van der Waals surface area contributed by atoms with Gasteiger partial charge in [-0.3, -0.25) is 9.59 Å². The molecule has 0 bridgehead atoms. The van der Waals surface area contributed by atoms with Gasteiger partial charge in [0.15, 0.2) is 0 Å². The fourth-order valence-electron chi connectivity index (χ4n) is 4.15. The van der Waals surface area contributed by atoms with Crippen LogP contribution in [0, 0.1) is 5.92 Å². The highest BCUT2D eigenvalue weighted by Gasteiger charge is 2.37. The van der Waals surface area contributed by atoms with Gasteiger partial charge in [0.25, 0.3) is 5.91 Å². The van der Waals surface area contributed by atoms with Gasteiger partial charge in [-0.05, 0) is 31.4 Å². The molecular weight excluding hydrogens is 360 g/mol. The summed E-state index contributed by atoms with van der Waals surface area (Å²) in [5.41, 5.74) is 0.490. The van der Waals surface area contributed by atoms with Crippen molar-refractivity contribution in [3.8, 4) is 11.5 Å². The number of amides is 2. The molecule has 2 aliphatic rings. The molecule has 1 N–H and O–H groups in total. The summed E-state index contributed by atoms with van der Waals surface area (Å²) in [5, 5.41) is 2.97. The first kappa shape index (κ1) is 20.5. The van der Waals surface area contributed by atoms with E-state index < -0.39 is 0 Å². The van der Waals surface area contributed by atoms with Gasteiger partial charge in [-0.25, -0.2) is 0 Å². The first-order chi connectivity index (χ1) is 13.7. The molecule has 0 spiro atoms. The van der Waals surface area contributed by atoms with E-state index in [1.165, 1.54) is 0 Å². The lowest BCUT2D eigenvalue weighted by atomic mass is 9.82. The van der Waals surface area contributed by atoms with E-state index in [-0.39, 0.29) is 23.8 Å². The Hall–Kier alpha value is -2.28. The molecule has 1 aliphatic heterocycles. The van der Waals surface area contributed by atoms with Crippen molar-refractivity contribution in [1.82, 2.24) is 10.2 Å². The number of nitrogens with one attached hydrogen (secondary N) is 1. The molecule has 2 fully saturated rings. The Morgan fingerprint density at radius 3 is 2.75 bits per heavy atom. The monoisotopic (exact) mass is 390 g/mol. The zero-order chi connectivity index (χ0) is 19.9. The van der Waals surface area contributed by atoms with Crippen LogP contribution in [0.15, 0.2) is 18.2 Å². The van der Waals surface area contributed by atoms with Crippen LogP contribution in [0.25, 0.3) is 0 Å². The van der Waals surface area contributed by atoms with Gasteiger partial charge in [0.1, 0.15) is 11.5 Å². The van der Waals surface area contributed by atoms with Gasteiger partial charge in [-0.15, -0.1) is 0 Å². The zero-order valence-corrected chi connectivity index (χ0v) is 16.7. The Balaban J connectivity index is 1.92. The summed E-state index contributed by atoms with van der Waals surface area (Å²) in [6.07, 6.45) is 4.42. The van der Waals surface area contributed by atoms with Gasteiger partial charge >= 0.3 is 0 Å². The van der Waals surface area contributed by atoms with Crippen molar-refractivity contribution in [3.63, 3.8) is 0 Å². The normalized spacial score (nSPS) is 23.8. The van der Waals surface area contributed by atoms with Crippen LogP contribution in [0.4, 0.5) is 0 Å². The molecule has 2 atom stereocenters. The van der Waals surface area contributed by atoms with E-state index in [2.05, 4.69) is 5.32 Å². The lowest BCUT2D eigenvalue weighted by Crippen LogP contribution is -2.51. The van der Waals surface area contributed by atoms with Gasteiger partial charge in [-0.1, -0.05) is 12.8 Å². The summed E-state index contributed by atoms with van der Waals surface area (Å²) >= 11 is 0. The Morgan fingerprint density at radius 2 is 1.96 bits per heavy atom. The van der Waals surface area contributed by atoms with Crippen LogP contribution in [-0.4, -0.2) is 63.3 Å². The molecule has 1 aliphatic carbocycles. The maximum absolute atomic E-state index is 13.5. The SMILES string of the molecule is COc1ccc(C(=O)N2CCCOCCNC(=O)[C@@H]3CCCC[C@@H]32)c(OC)c1. The smallest absolute Gasteiger partial charge is 0.257 e. The lowest BCUT2D eigenvalue weighted by Gasteiger charge is -2.39. The largest absolute Gasteiger partial charge is 0.497 e. The summed E-state index contributed by atoms with van der Waals surface area (Å²) in [6.45, 7) is 2.14. The maximum Gasteiger partial charge on any atom is 0.257 e. The Labute approximate surface area is 166 Å². The average Bonchev–Trinajstić information content (AvgIpc) is 2.77. The number of ether oxygens (including phenoxy) is 3. The predicted octanol–water partition coefficient (Wildman–Crippen LogP) is 2.24. The fourth-order valence-corrected chi connectivity index (χ4v) is 4.15. The van der Waals surface area contributed by atoms with Crippen molar-refractivity contribution in [2.24, 2.45) is 5.92 Å². The van der Waals surface area contributed by atoms with Gasteiger partial charge in [0.05, 0.1) is 32.3 Å². The average molecular weight is 390 g/mol. The number of hydrogen-bond acceptors (Lipinski definition) is 5. The number of fused-ring (bicyclic) bond motifs is 1. The summed E-state index contributed by atoms with van der Waals surface area (Å²) in [6, 6.07) is 5.11. The molecule has 0 radical (unpaired) electrons. The van der Waals surface area contributed by atoms with Crippen molar-refractivity contribution in [2.75, 3.05) is 40.5 Å². The molecule has 0 aromatic heterocycles. The number of nitrogens with zero attached hydrogens (tertiary/aromatic N) is 1. The topological polar surface area (TPSA) is 77.1 Å². The van der Waals surface area contributed by atoms with Crippen LogP contribution in [0.2, 0.25) is 0 Å². The molecule has 7 nitrogen and oxygen atoms in total. The molecule has 0 unspecified atom stereocenters. The van der Waals surface area contributed by atoms with Crippen molar-refractivity contribution >= 4 is 11.8 Å². The highest BCUT2D eigenvalue weighted by atomic mass is 16.5. The summed E-state index contributed by atoms with van der Waals surface area (Å²) < 4.78 is 16.3. The van der Waals surface area contributed by atoms with E-state index in [0.717, 1.165) is 32.1 Å². The number of hydrogen-bond donors (Lipinski definition) is 1. The van der Waals surface area contributed by atoms with E-state index in [4.69, 9.17) is 14.2 Å². The number of carbonyl (C=O) groups is 2.